The molecule has 0 aliphatic carbocycles. The van der Waals surface area contributed by atoms with Crippen molar-refractivity contribution in [3.8, 4) is 0 Å². The number of methoxy groups -OCH3 is 1. The number of amides is 2. The molecule has 26 heavy (non-hydrogen) atoms. The van der Waals surface area contributed by atoms with Crippen molar-refractivity contribution in [2.24, 2.45) is 5.41 Å². The zero-order valence-electron chi connectivity index (χ0n) is 14.9. The van der Waals surface area contributed by atoms with Crippen LogP contribution in [0.15, 0.2) is 48.8 Å². The van der Waals surface area contributed by atoms with Crippen molar-refractivity contribution in [2.75, 3.05) is 12.4 Å². The first kappa shape index (κ1) is 19.1. The van der Waals surface area contributed by atoms with Gasteiger partial charge in [-0.2, -0.15) is 0 Å². The van der Waals surface area contributed by atoms with Gasteiger partial charge in [-0.3, -0.25) is 14.6 Å². The van der Waals surface area contributed by atoms with Crippen molar-refractivity contribution >= 4 is 23.5 Å². The van der Waals surface area contributed by atoms with Gasteiger partial charge in [-0.15, -0.1) is 0 Å². The Labute approximate surface area is 151 Å². The molecule has 2 aromatic rings. The Hall–Kier alpha value is -3.22. The third kappa shape index (κ3) is 4.66. The molecule has 1 aromatic carbocycles. The summed E-state index contributed by atoms with van der Waals surface area (Å²) in [5, 5.41) is 5.41. The van der Waals surface area contributed by atoms with E-state index in [1.165, 1.54) is 27.0 Å². The molecule has 0 fully saturated rings. The first-order valence-electron chi connectivity index (χ1n) is 8.01. The molecule has 0 spiro atoms. The fourth-order valence-corrected chi connectivity index (χ4v) is 2.14. The predicted molar refractivity (Wildman–Crippen MR) is 96.3 cm³/mol. The minimum Gasteiger partial charge on any atom is -0.465 e. The SMILES string of the molecule is COC(=O)c1cccc(NC(=O)C(C)(C)C(=O)NCc2ccncc2)c1. The average Bonchev–Trinajstić information content (AvgIpc) is 2.66. The number of hydrogen-bond acceptors (Lipinski definition) is 5. The summed E-state index contributed by atoms with van der Waals surface area (Å²) in [5.41, 5.74) is 0.308. The highest BCUT2D eigenvalue weighted by atomic mass is 16.5. The van der Waals surface area contributed by atoms with E-state index in [1.54, 1.807) is 42.7 Å². The van der Waals surface area contributed by atoms with Crippen molar-refractivity contribution in [2.45, 2.75) is 20.4 Å². The number of benzene rings is 1. The van der Waals surface area contributed by atoms with Crippen molar-refractivity contribution in [3.63, 3.8) is 0 Å². The van der Waals surface area contributed by atoms with Crippen LogP contribution in [0.3, 0.4) is 0 Å². The Morgan fingerprint density at radius 1 is 1.08 bits per heavy atom. The number of esters is 1. The molecule has 0 aliphatic rings. The number of pyridine rings is 1. The van der Waals surface area contributed by atoms with Gasteiger partial charge in [0.1, 0.15) is 5.41 Å². The highest BCUT2D eigenvalue weighted by molar-refractivity contribution is 6.10. The molecule has 0 saturated carbocycles. The molecule has 0 radical (unpaired) electrons. The monoisotopic (exact) mass is 355 g/mol. The minimum atomic E-state index is -1.30. The number of anilines is 1. The quantitative estimate of drug-likeness (QED) is 0.611. The van der Waals surface area contributed by atoms with Crippen LogP contribution < -0.4 is 10.6 Å². The molecule has 1 aromatic heterocycles. The lowest BCUT2D eigenvalue weighted by Gasteiger charge is -2.23. The smallest absolute Gasteiger partial charge is 0.337 e. The molecule has 0 bridgehead atoms. The van der Waals surface area contributed by atoms with Gasteiger partial charge < -0.3 is 15.4 Å². The van der Waals surface area contributed by atoms with Crippen LogP contribution in [0.25, 0.3) is 0 Å². The Morgan fingerprint density at radius 2 is 1.77 bits per heavy atom. The van der Waals surface area contributed by atoms with Gasteiger partial charge >= 0.3 is 5.97 Å². The number of aromatic nitrogens is 1. The van der Waals surface area contributed by atoms with Gasteiger partial charge in [0.25, 0.3) is 0 Å². The van der Waals surface area contributed by atoms with E-state index in [2.05, 4.69) is 20.4 Å². The first-order valence-corrected chi connectivity index (χ1v) is 8.01. The van der Waals surface area contributed by atoms with Crippen LogP contribution in [0, 0.1) is 5.41 Å². The van der Waals surface area contributed by atoms with Gasteiger partial charge in [-0.25, -0.2) is 4.79 Å². The summed E-state index contributed by atoms with van der Waals surface area (Å²) >= 11 is 0. The number of carbonyl (C=O) groups is 3. The van der Waals surface area contributed by atoms with E-state index in [4.69, 9.17) is 0 Å². The van der Waals surface area contributed by atoms with Crippen molar-refractivity contribution in [1.82, 2.24) is 10.3 Å². The van der Waals surface area contributed by atoms with Crippen LogP contribution in [-0.2, 0) is 20.9 Å². The predicted octanol–water partition coefficient (Wildman–Crippen LogP) is 2.15. The maximum Gasteiger partial charge on any atom is 0.337 e. The van der Waals surface area contributed by atoms with E-state index in [-0.39, 0.29) is 0 Å². The van der Waals surface area contributed by atoms with Crippen LogP contribution in [0.1, 0.15) is 29.8 Å². The van der Waals surface area contributed by atoms with E-state index in [0.717, 1.165) is 5.56 Å². The molecule has 7 heteroatoms. The molecular weight excluding hydrogens is 334 g/mol. The number of ether oxygens (including phenoxy) is 1. The van der Waals surface area contributed by atoms with Gasteiger partial charge in [-0.1, -0.05) is 6.07 Å². The molecule has 2 rings (SSSR count). The molecule has 0 atom stereocenters. The Morgan fingerprint density at radius 3 is 2.42 bits per heavy atom. The van der Waals surface area contributed by atoms with Gasteiger partial charge in [0.05, 0.1) is 12.7 Å². The number of rotatable bonds is 6. The summed E-state index contributed by atoms with van der Waals surface area (Å²) in [6.45, 7) is 3.37. The third-order valence-corrected chi connectivity index (χ3v) is 3.88. The second-order valence-corrected chi connectivity index (χ2v) is 6.19. The van der Waals surface area contributed by atoms with E-state index in [9.17, 15) is 14.4 Å². The second kappa shape index (κ2) is 8.24. The Kier molecular flexibility index (Phi) is 6.06. The third-order valence-electron chi connectivity index (χ3n) is 3.88. The summed E-state index contributed by atoms with van der Waals surface area (Å²) < 4.78 is 4.66. The molecule has 0 saturated heterocycles. The van der Waals surface area contributed by atoms with Crippen LogP contribution in [-0.4, -0.2) is 29.9 Å². The molecule has 136 valence electrons. The standard InChI is InChI=1S/C19H21N3O4/c1-19(2,17(24)21-12-13-7-9-20-10-8-13)18(25)22-15-6-4-5-14(11-15)16(23)26-3/h4-11H,12H2,1-3H3,(H,21,24)(H,22,25). The summed E-state index contributed by atoms with van der Waals surface area (Å²) in [5.74, 6) is -1.39. The average molecular weight is 355 g/mol. The normalized spacial score (nSPS) is 10.7. The minimum absolute atomic E-state index is 0.301. The number of nitrogens with one attached hydrogen (secondary N) is 2. The number of nitrogens with zero attached hydrogens (tertiary/aromatic N) is 1. The molecule has 1 heterocycles. The molecule has 7 nitrogen and oxygen atoms in total. The summed E-state index contributed by atoms with van der Waals surface area (Å²) in [6, 6.07) is 9.90. The first-order chi connectivity index (χ1) is 12.3. The lowest BCUT2D eigenvalue weighted by atomic mass is 9.90. The van der Waals surface area contributed by atoms with E-state index in [1.807, 2.05) is 0 Å². The fraction of sp³-hybridized carbons (Fsp3) is 0.263. The number of hydrogen-bond donors (Lipinski definition) is 2. The van der Waals surface area contributed by atoms with Gasteiger partial charge in [0.2, 0.25) is 11.8 Å². The molecule has 0 aliphatic heterocycles. The van der Waals surface area contributed by atoms with E-state index < -0.39 is 23.2 Å². The fourth-order valence-electron chi connectivity index (χ4n) is 2.14. The number of carbonyl (C=O) groups excluding carboxylic acids is 3. The lowest BCUT2D eigenvalue weighted by molar-refractivity contribution is -0.138. The topological polar surface area (TPSA) is 97.4 Å². The molecule has 2 N–H and O–H groups in total. The maximum absolute atomic E-state index is 12.5. The lowest BCUT2D eigenvalue weighted by Crippen LogP contribution is -2.44. The molecule has 0 unspecified atom stereocenters. The zero-order valence-corrected chi connectivity index (χ0v) is 14.9. The Balaban J connectivity index is 2.02. The van der Waals surface area contributed by atoms with Gasteiger partial charge in [0.15, 0.2) is 0 Å². The van der Waals surface area contributed by atoms with Gasteiger partial charge in [-0.05, 0) is 49.7 Å². The Bertz CT molecular complexity index is 803. The highest BCUT2D eigenvalue weighted by Crippen LogP contribution is 2.20. The van der Waals surface area contributed by atoms with Crippen LogP contribution in [0.4, 0.5) is 5.69 Å². The molecular formula is C19H21N3O4. The van der Waals surface area contributed by atoms with E-state index >= 15 is 0 Å². The van der Waals surface area contributed by atoms with Crippen molar-refractivity contribution < 1.29 is 19.1 Å². The summed E-state index contributed by atoms with van der Waals surface area (Å²) in [6.07, 6.45) is 3.27. The summed E-state index contributed by atoms with van der Waals surface area (Å²) in [7, 11) is 1.28. The summed E-state index contributed by atoms with van der Waals surface area (Å²) in [4.78, 5) is 40.5. The van der Waals surface area contributed by atoms with E-state index in [0.29, 0.717) is 17.8 Å². The second-order valence-electron chi connectivity index (χ2n) is 6.19. The largest absolute Gasteiger partial charge is 0.465 e. The highest BCUT2D eigenvalue weighted by Gasteiger charge is 2.36. The van der Waals surface area contributed by atoms with Crippen molar-refractivity contribution in [3.05, 3.63) is 59.9 Å². The maximum atomic E-state index is 12.5. The van der Waals surface area contributed by atoms with Gasteiger partial charge in [0, 0.05) is 24.6 Å². The molecule has 2 amide bonds. The van der Waals surface area contributed by atoms with Crippen LogP contribution in [0.5, 0.6) is 0 Å². The zero-order chi connectivity index (χ0) is 19.2. The van der Waals surface area contributed by atoms with Crippen LogP contribution in [0.2, 0.25) is 0 Å². The van der Waals surface area contributed by atoms with Crippen LogP contribution >= 0.6 is 0 Å². The van der Waals surface area contributed by atoms with Crippen molar-refractivity contribution in [1.29, 1.82) is 0 Å².